The zero-order valence-corrected chi connectivity index (χ0v) is 11.0. The Morgan fingerprint density at radius 1 is 1.41 bits per heavy atom. The number of nitrogens with one attached hydrogen (secondary N) is 1. The summed E-state index contributed by atoms with van der Waals surface area (Å²) < 4.78 is 1.06. The van der Waals surface area contributed by atoms with Crippen molar-refractivity contribution in [2.24, 2.45) is 5.92 Å². The number of nitrogens with two attached hydrogens (primary N) is 1. The van der Waals surface area contributed by atoms with E-state index in [4.69, 9.17) is 5.73 Å². The number of nitrogen functional groups attached to an aromatic ring is 1. The zero-order chi connectivity index (χ0) is 11.8. The summed E-state index contributed by atoms with van der Waals surface area (Å²) in [5.41, 5.74) is 9.33. The second kappa shape index (κ2) is 4.18. The quantitative estimate of drug-likeness (QED) is 0.911. The standard InChI is InChI=1S/C13H14BrN3/c14-10-3-1-2-9(7-10)12-11(6-8-4-5-8)16-17-13(12)15/h1-3,7-8H,4-6H2,(H3,15,16,17). The number of aromatic nitrogens is 2. The van der Waals surface area contributed by atoms with Crippen LogP contribution in [0.5, 0.6) is 0 Å². The van der Waals surface area contributed by atoms with Crippen molar-refractivity contribution in [1.29, 1.82) is 0 Å². The van der Waals surface area contributed by atoms with Gasteiger partial charge < -0.3 is 5.73 Å². The Morgan fingerprint density at radius 3 is 2.94 bits per heavy atom. The number of H-pyrrole nitrogens is 1. The summed E-state index contributed by atoms with van der Waals surface area (Å²) in [7, 11) is 0. The lowest BCUT2D eigenvalue weighted by Gasteiger charge is -2.04. The van der Waals surface area contributed by atoms with Gasteiger partial charge >= 0.3 is 0 Å². The van der Waals surface area contributed by atoms with Crippen LogP contribution >= 0.6 is 15.9 Å². The molecule has 1 aliphatic carbocycles. The van der Waals surface area contributed by atoms with Gasteiger partial charge in [0.15, 0.2) is 5.82 Å². The number of benzene rings is 1. The summed E-state index contributed by atoms with van der Waals surface area (Å²) >= 11 is 3.49. The van der Waals surface area contributed by atoms with Crippen molar-refractivity contribution in [3.05, 3.63) is 34.4 Å². The van der Waals surface area contributed by atoms with Gasteiger partial charge in [-0.2, -0.15) is 5.10 Å². The predicted molar refractivity (Wildman–Crippen MR) is 72.6 cm³/mol. The van der Waals surface area contributed by atoms with Crippen LogP contribution < -0.4 is 5.73 Å². The van der Waals surface area contributed by atoms with Crippen LogP contribution in [0.25, 0.3) is 11.1 Å². The second-order valence-corrected chi connectivity index (χ2v) is 5.54. The van der Waals surface area contributed by atoms with E-state index in [1.54, 1.807) is 0 Å². The van der Waals surface area contributed by atoms with E-state index >= 15 is 0 Å². The first-order chi connectivity index (χ1) is 8.24. The molecule has 0 atom stereocenters. The molecular formula is C13H14BrN3. The predicted octanol–water partition coefficient (Wildman–Crippen LogP) is 3.37. The van der Waals surface area contributed by atoms with Crippen molar-refractivity contribution in [1.82, 2.24) is 10.2 Å². The van der Waals surface area contributed by atoms with Crippen LogP contribution in [-0.2, 0) is 6.42 Å². The molecule has 0 radical (unpaired) electrons. The SMILES string of the molecule is Nc1n[nH]c(CC2CC2)c1-c1cccc(Br)c1. The fraction of sp³-hybridized carbons (Fsp3) is 0.308. The number of anilines is 1. The Bertz CT molecular complexity index is 543. The van der Waals surface area contributed by atoms with Gasteiger partial charge in [0.25, 0.3) is 0 Å². The van der Waals surface area contributed by atoms with Crippen molar-refractivity contribution in [2.75, 3.05) is 5.73 Å². The number of aromatic amines is 1. The minimum Gasteiger partial charge on any atom is -0.382 e. The minimum absolute atomic E-state index is 0.596. The molecule has 0 unspecified atom stereocenters. The van der Waals surface area contributed by atoms with E-state index < -0.39 is 0 Å². The van der Waals surface area contributed by atoms with Crippen LogP contribution in [0.1, 0.15) is 18.5 Å². The molecule has 1 fully saturated rings. The third-order valence-electron chi connectivity index (χ3n) is 3.17. The highest BCUT2D eigenvalue weighted by atomic mass is 79.9. The summed E-state index contributed by atoms with van der Waals surface area (Å²) in [6.45, 7) is 0. The minimum atomic E-state index is 0.596. The smallest absolute Gasteiger partial charge is 0.153 e. The van der Waals surface area contributed by atoms with E-state index in [2.05, 4.69) is 38.3 Å². The lowest BCUT2D eigenvalue weighted by molar-refractivity contribution is 0.798. The zero-order valence-electron chi connectivity index (χ0n) is 9.41. The maximum Gasteiger partial charge on any atom is 0.153 e. The molecule has 1 aromatic carbocycles. The van der Waals surface area contributed by atoms with Gasteiger partial charge in [-0.15, -0.1) is 0 Å². The third kappa shape index (κ3) is 2.22. The van der Waals surface area contributed by atoms with Crippen LogP contribution in [0.15, 0.2) is 28.7 Å². The van der Waals surface area contributed by atoms with Crippen molar-refractivity contribution < 1.29 is 0 Å². The van der Waals surface area contributed by atoms with Crippen molar-refractivity contribution in [2.45, 2.75) is 19.3 Å². The van der Waals surface area contributed by atoms with Gasteiger partial charge in [0.05, 0.1) is 0 Å². The normalized spacial score (nSPS) is 15.1. The van der Waals surface area contributed by atoms with E-state index in [1.165, 1.54) is 18.5 Å². The van der Waals surface area contributed by atoms with Crippen molar-refractivity contribution in [3.63, 3.8) is 0 Å². The molecule has 0 bridgehead atoms. The number of hydrogen-bond acceptors (Lipinski definition) is 2. The first-order valence-corrected chi connectivity index (χ1v) is 6.62. The van der Waals surface area contributed by atoms with E-state index in [9.17, 15) is 0 Å². The molecular weight excluding hydrogens is 278 g/mol. The Labute approximate surface area is 109 Å². The molecule has 17 heavy (non-hydrogen) atoms. The molecule has 2 aromatic rings. The molecule has 4 heteroatoms. The molecule has 0 aliphatic heterocycles. The summed E-state index contributed by atoms with van der Waals surface area (Å²) in [5.74, 6) is 1.42. The molecule has 88 valence electrons. The maximum atomic E-state index is 5.96. The van der Waals surface area contributed by atoms with E-state index in [0.717, 1.165) is 27.9 Å². The Balaban J connectivity index is 2.02. The van der Waals surface area contributed by atoms with Crippen LogP contribution in [0.4, 0.5) is 5.82 Å². The van der Waals surface area contributed by atoms with Gasteiger partial charge in [-0.25, -0.2) is 0 Å². The molecule has 0 spiro atoms. The summed E-state index contributed by atoms with van der Waals surface area (Å²) in [4.78, 5) is 0. The van der Waals surface area contributed by atoms with Crippen LogP contribution in [0.2, 0.25) is 0 Å². The Hall–Kier alpha value is -1.29. The lowest BCUT2D eigenvalue weighted by atomic mass is 10.0. The topological polar surface area (TPSA) is 54.7 Å². The number of rotatable bonds is 3. The molecule has 3 rings (SSSR count). The number of hydrogen-bond donors (Lipinski definition) is 2. The fourth-order valence-corrected chi connectivity index (χ4v) is 2.52. The molecule has 0 amide bonds. The van der Waals surface area contributed by atoms with Crippen LogP contribution in [-0.4, -0.2) is 10.2 Å². The van der Waals surface area contributed by atoms with Crippen molar-refractivity contribution >= 4 is 21.7 Å². The van der Waals surface area contributed by atoms with Gasteiger partial charge in [0.2, 0.25) is 0 Å². The first-order valence-electron chi connectivity index (χ1n) is 5.82. The van der Waals surface area contributed by atoms with Gasteiger partial charge in [-0.3, -0.25) is 5.10 Å². The fourth-order valence-electron chi connectivity index (χ4n) is 2.12. The molecule has 1 saturated carbocycles. The second-order valence-electron chi connectivity index (χ2n) is 4.62. The summed E-state index contributed by atoms with van der Waals surface area (Å²) in [6.07, 6.45) is 3.72. The van der Waals surface area contributed by atoms with Gasteiger partial charge in [0.1, 0.15) is 0 Å². The number of nitrogens with zero attached hydrogens (tertiary/aromatic N) is 1. The van der Waals surface area contributed by atoms with Gasteiger partial charge in [-0.05, 0) is 42.9 Å². The van der Waals surface area contributed by atoms with Gasteiger partial charge in [0, 0.05) is 15.7 Å². The summed E-state index contributed by atoms with van der Waals surface area (Å²) in [5, 5.41) is 7.21. The van der Waals surface area contributed by atoms with Gasteiger partial charge in [-0.1, -0.05) is 28.1 Å². The lowest BCUT2D eigenvalue weighted by Crippen LogP contribution is -1.92. The molecule has 1 heterocycles. The highest BCUT2D eigenvalue weighted by molar-refractivity contribution is 9.10. The van der Waals surface area contributed by atoms with Crippen molar-refractivity contribution in [3.8, 4) is 11.1 Å². The number of halogens is 1. The average molecular weight is 292 g/mol. The van der Waals surface area contributed by atoms with E-state index in [-0.39, 0.29) is 0 Å². The highest BCUT2D eigenvalue weighted by Gasteiger charge is 2.25. The highest BCUT2D eigenvalue weighted by Crippen LogP contribution is 2.37. The largest absolute Gasteiger partial charge is 0.382 e. The van der Waals surface area contributed by atoms with Crippen LogP contribution in [0, 0.1) is 5.92 Å². The maximum absolute atomic E-state index is 5.96. The Morgan fingerprint density at radius 2 is 2.24 bits per heavy atom. The van der Waals surface area contributed by atoms with E-state index in [1.807, 2.05) is 12.1 Å². The third-order valence-corrected chi connectivity index (χ3v) is 3.67. The summed E-state index contributed by atoms with van der Waals surface area (Å²) in [6, 6.07) is 8.19. The molecule has 1 aromatic heterocycles. The molecule has 3 nitrogen and oxygen atoms in total. The van der Waals surface area contributed by atoms with Crippen LogP contribution in [0.3, 0.4) is 0 Å². The average Bonchev–Trinajstić information content (AvgIpc) is 3.03. The van der Waals surface area contributed by atoms with E-state index in [0.29, 0.717) is 5.82 Å². The monoisotopic (exact) mass is 291 g/mol. The molecule has 0 saturated heterocycles. The first kappa shape index (κ1) is 10.8. The molecule has 3 N–H and O–H groups in total. The molecule has 1 aliphatic rings. The Kier molecular flexibility index (Phi) is 2.67.